The number of nitrogens with zero attached hydrogens (tertiary/aromatic N) is 2. The molecule has 0 saturated carbocycles. The Labute approximate surface area is 120 Å². The van der Waals surface area contributed by atoms with Gasteiger partial charge in [-0.15, -0.1) is 0 Å². The van der Waals surface area contributed by atoms with Crippen LogP contribution in [0.1, 0.15) is 31.5 Å². The molecule has 0 radical (unpaired) electrons. The molecule has 0 aliphatic heterocycles. The Morgan fingerprint density at radius 3 is 2.60 bits per heavy atom. The number of rotatable bonds is 6. The van der Waals surface area contributed by atoms with Gasteiger partial charge in [0.15, 0.2) is 0 Å². The molecule has 4 nitrogen and oxygen atoms in total. The van der Waals surface area contributed by atoms with Gasteiger partial charge in [0, 0.05) is 23.8 Å². The minimum Gasteiger partial charge on any atom is -0.394 e. The monoisotopic (exact) mass is 273 g/mol. The molecule has 0 saturated heterocycles. The van der Waals surface area contributed by atoms with Crippen LogP contribution in [0.5, 0.6) is 0 Å². The predicted octanol–water partition coefficient (Wildman–Crippen LogP) is 2.43. The highest BCUT2D eigenvalue weighted by atomic mass is 16.3. The summed E-state index contributed by atoms with van der Waals surface area (Å²) in [5, 5.41) is 17.4. The molecule has 2 N–H and O–H groups in total. The zero-order valence-electron chi connectivity index (χ0n) is 12.4. The van der Waals surface area contributed by atoms with Crippen LogP contribution in [0.4, 0.5) is 0 Å². The molecule has 0 bridgehead atoms. The van der Waals surface area contributed by atoms with Crippen LogP contribution in [0.2, 0.25) is 0 Å². The maximum atomic E-state index is 9.43. The third-order valence-electron chi connectivity index (χ3n) is 3.86. The predicted molar refractivity (Wildman–Crippen MR) is 80.9 cm³/mol. The molecule has 2 aromatic rings. The number of hydrogen-bond donors (Lipinski definition) is 2. The van der Waals surface area contributed by atoms with Crippen molar-refractivity contribution in [1.82, 2.24) is 15.1 Å². The first kappa shape index (κ1) is 14.8. The van der Waals surface area contributed by atoms with Crippen molar-refractivity contribution in [2.24, 2.45) is 0 Å². The number of aryl methyl sites for hydroxylation is 1. The summed E-state index contributed by atoms with van der Waals surface area (Å²) in [5.41, 5.74) is 2.99. The molecule has 1 heterocycles. The lowest BCUT2D eigenvalue weighted by molar-refractivity contribution is 0.169. The maximum absolute atomic E-state index is 9.43. The third kappa shape index (κ3) is 3.26. The van der Waals surface area contributed by atoms with Crippen LogP contribution in [-0.4, -0.2) is 27.0 Å². The van der Waals surface area contributed by atoms with Crippen LogP contribution in [0.3, 0.4) is 0 Å². The molecular weight excluding hydrogens is 250 g/mol. The molecule has 4 heteroatoms. The largest absolute Gasteiger partial charge is 0.394 e. The highest BCUT2D eigenvalue weighted by Gasteiger charge is 2.20. The fourth-order valence-corrected chi connectivity index (χ4v) is 1.98. The molecule has 1 unspecified atom stereocenters. The molecule has 0 aliphatic rings. The molecule has 0 aliphatic carbocycles. The fourth-order valence-electron chi connectivity index (χ4n) is 1.98. The van der Waals surface area contributed by atoms with Gasteiger partial charge in [-0.3, -0.25) is 0 Å². The first-order valence-electron chi connectivity index (χ1n) is 7.04. The Kier molecular flexibility index (Phi) is 4.57. The van der Waals surface area contributed by atoms with Crippen LogP contribution in [0.25, 0.3) is 5.69 Å². The second kappa shape index (κ2) is 6.20. The highest BCUT2D eigenvalue weighted by Crippen LogP contribution is 2.14. The fraction of sp³-hybridized carbons (Fsp3) is 0.438. The number of nitrogens with one attached hydrogen (secondary N) is 1. The van der Waals surface area contributed by atoms with Crippen LogP contribution in [-0.2, 0) is 6.54 Å². The third-order valence-corrected chi connectivity index (χ3v) is 3.86. The van der Waals surface area contributed by atoms with Gasteiger partial charge in [0.25, 0.3) is 0 Å². The van der Waals surface area contributed by atoms with Gasteiger partial charge in [-0.1, -0.05) is 25.1 Å². The molecule has 108 valence electrons. The molecular formula is C16H23N3O. The lowest BCUT2D eigenvalue weighted by Crippen LogP contribution is -2.44. The van der Waals surface area contributed by atoms with E-state index in [2.05, 4.69) is 17.3 Å². The van der Waals surface area contributed by atoms with Crippen molar-refractivity contribution >= 4 is 0 Å². The summed E-state index contributed by atoms with van der Waals surface area (Å²) in [6.07, 6.45) is 2.93. The van der Waals surface area contributed by atoms with E-state index in [1.807, 2.05) is 55.1 Å². The highest BCUT2D eigenvalue weighted by molar-refractivity contribution is 5.32. The van der Waals surface area contributed by atoms with E-state index in [0.29, 0.717) is 6.54 Å². The van der Waals surface area contributed by atoms with Crippen LogP contribution in [0.15, 0.2) is 36.5 Å². The Balaban J connectivity index is 2.13. The molecule has 20 heavy (non-hydrogen) atoms. The Morgan fingerprint density at radius 2 is 2.00 bits per heavy atom. The van der Waals surface area contributed by atoms with Gasteiger partial charge in [-0.25, -0.2) is 4.68 Å². The number of aliphatic hydroxyl groups is 1. The van der Waals surface area contributed by atoms with E-state index in [9.17, 15) is 5.11 Å². The first-order valence-corrected chi connectivity index (χ1v) is 7.04. The summed E-state index contributed by atoms with van der Waals surface area (Å²) in [6, 6.07) is 10.1. The normalized spacial score (nSPS) is 14.2. The quantitative estimate of drug-likeness (QED) is 0.850. The minimum atomic E-state index is -0.235. The van der Waals surface area contributed by atoms with E-state index in [0.717, 1.165) is 23.4 Å². The summed E-state index contributed by atoms with van der Waals surface area (Å²) in [5.74, 6) is 0. The Hall–Kier alpha value is -1.65. The van der Waals surface area contributed by atoms with Crippen LogP contribution in [0, 0.1) is 6.92 Å². The zero-order chi connectivity index (χ0) is 14.6. The number of hydrogen-bond acceptors (Lipinski definition) is 3. The van der Waals surface area contributed by atoms with Crippen molar-refractivity contribution in [3.63, 3.8) is 0 Å². The number of benzene rings is 1. The lowest BCUT2D eigenvalue weighted by Gasteiger charge is -2.27. The molecule has 2 rings (SSSR count). The second-order valence-electron chi connectivity index (χ2n) is 5.45. The smallest absolute Gasteiger partial charge is 0.0645 e. The lowest BCUT2D eigenvalue weighted by atomic mass is 10.00. The topological polar surface area (TPSA) is 50.1 Å². The average molecular weight is 273 g/mol. The van der Waals surface area contributed by atoms with E-state index in [1.54, 1.807) is 0 Å². The SMILES string of the molecule is CCC(C)(CO)NCc1cn(-c2ccccc2)nc1C. The van der Waals surface area contributed by atoms with E-state index in [4.69, 9.17) is 0 Å². The van der Waals surface area contributed by atoms with Gasteiger partial charge in [0.2, 0.25) is 0 Å². The van der Waals surface area contributed by atoms with Gasteiger partial charge in [0.1, 0.15) is 0 Å². The van der Waals surface area contributed by atoms with Crippen LogP contribution < -0.4 is 5.32 Å². The van der Waals surface area contributed by atoms with Gasteiger partial charge < -0.3 is 10.4 Å². The minimum absolute atomic E-state index is 0.134. The van der Waals surface area contributed by atoms with Crippen molar-refractivity contribution in [2.75, 3.05) is 6.61 Å². The second-order valence-corrected chi connectivity index (χ2v) is 5.45. The van der Waals surface area contributed by atoms with Gasteiger partial charge in [-0.05, 0) is 32.4 Å². The first-order chi connectivity index (χ1) is 9.58. The van der Waals surface area contributed by atoms with E-state index >= 15 is 0 Å². The molecule has 1 atom stereocenters. The van der Waals surface area contributed by atoms with E-state index < -0.39 is 0 Å². The molecule has 0 fully saturated rings. The summed E-state index contributed by atoms with van der Waals surface area (Å²) < 4.78 is 1.90. The van der Waals surface area contributed by atoms with E-state index in [-0.39, 0.29) is 12.1 Å². The summed E-state index contributed by atoms with van der Waals surface area (Å²) in [7, 11) is 0. The number of aliphatic hydroxyl groups excluding tert-OH is 1. The molecule has 1 aromatic carbocycles. The van der Waals surface area contributed by atoms with Crippen molar-refractivity contribution in [2.45, 2.75) is 39.3 Å². The Morgan fingerprint density at radius 1 is 1.30 bits per heavy atom. The van der Waals surface area contributed by atoms with Crippen molar-refractivity contribution in [1.29, 1.82) is 0 Å². The standard InChI is InChI=1S/C16H23N3O/c1-4-16(3,12-20)17-10-14-11-19(18-13(14)2)15-8-6-5-7-9-15/h5-9,11,17,20H,4,10,12H2,1-3H3. The molecule has 1 aromatic heterocycles. The number of aromatic nitrogens is 2. The van der Waals surface area contributed by atoms with Crippen LogP contribution >= 0.6 is 0 Å². The average Bonchev–Trinajstić information content (AvgIpc) is 2.87. The Bertz CT molecular complexity index is 544. The summed E-state index contributed by atoms with van der Waals surface area (Å²) in [4.78, 5) is 0. The van der Waals surface area contributed by atoms with Gasteiger partial charge in [0.05, 0.1) is 18.0 Å². The van der Waals surface area contributed by atoms with Crippen molar-refractivity contribution in [3.05, 3.63) is 47.8 Å². The summed E-state index contributed by atoms with van der Waals surface area (Å²) >= 11 is 0. The maximum Gasteiger partial charge on any atom is 0.0645 e. The number of para-hydroxylation sites is 1. The summed E-state index contributed by atoms with van der Waals surface area (Å²) in [6.45, 7) is 6.96. The zero-order valence-corrected chi connectivity index (χ0v) is 12.4. The van der Waals surface area contributed by atoms with Gasteiger partial charge >= 0.3 is 0 Å². The molecule has 0 amide bonds. The van der Waals surface area contributed by atoms with Crippen molar-refractivity contribution in [3.8, 4) is 5.69 Å². The van der Waals surface area contributed by atoms with Gasteiger partial charge in [-0.2, -0.15) is 5.10 Å². The van der Waals surface area contributed by atoms with Crippen molar-refractivity contribution < 1.29 is 5.11 Å². The molecule has 0 spiro atoms. The van der Waals surface area contributed by atoms with E-state index in [1.165, 1.54) is 0 Å².